The first-order chi connectivity index (χ1) is 12.3. The molecule has 0 radical (unpaired) electrons. The van der Waals surface area contributed by atoms with Crippen molar-refractivity contribution in [2.45, 2.75) is 31.0 Å². The Labute approximate surface area is 150 Å². The summed E-state index contributed by atoms with van der Waals surface area (Å²) < 4.78 is 55.8. The molecule has 16 heteroatoms. The van der Waals surface area contributed by atoms with Gasteiger partial charge in [0.1, 0.15) is 12.2 Å². The molecule has 6 unspecified atom stereocenters. The largest absolute Gasteiger partial charge is 0.481 e. The predicted molar refractivity (Wildman–Crippen MR) is 84.4 cm³/mol. The standard InChI is InChI=1S/C11H17FN2O11P2/c1-11(12)8(16)6(5-23-27(20,21)25-26(18,19)22-2)24-9(11)14-4-3-7(15)13-10(14)17/h3-4,6,8-9,16H,5H2,1-2H3,(H,18,19)(H,20,21)(H,13,15,17). The van der Waals surface area contributed by atoms with E-state index in [1.165, 1.54) is 0 Å². The van der Waals surface area contributed by atoms with Crippen molar-refractivity contribution >= 4 is 15.6 Å². The Morgan fingerprint density at radius 2 is 2.00 bits per heavy atom. The van der Waals surface area contributed by atoms with Gasteiger partial charge >= 0.3 is 21.3 Å². The van der Waals surface area contributed by atoms with E-state index in [1.54, 1.807) is 0 Å². The van der Waals surface area contributed by atoms with E-state index in [1.807, 2.05) is 4.98 Å². The number of phosphoric acid groups is 2. The molecule has 13 nitrogen and oxygen atoms in total. The molecule has 0 spiro atoms. The van der Waals surface area contributed by atoms with E-state index < -0.39 is 57.6 Å². The van der Waals surface area contributed by atoms with Crippen LogP contribution in [0.4, 0.5) is 4.39 Å². The van der Waals surface area contributed by atoms with Gasteiger partial charge in [-0.3, -0.25) is 23.4 Å². The minimum absolute atomic E-state index is 0.673. The number of hydrogen-bond donors (Lipinski definition) is 4. The predicted octanol–water partition coefficient (Wildman–Crippen LogP) is -0.597. The fourth-order valence-electron chi connectivity index (χ4n) is 2.32. The van der Waals surface area contributed by atoms with Gasteiger partial charge in [-0.1, -0.05) is 0 Å². The summed E-state index contributed by atoms with van der Waals surface area (Å²) in [5.41, 5.74) is -4.31. The van der Waals surface area contributed by atoms with Crippen LogP contribution in [0.5, 0.6) is 0 Å². The number of aliphatic hydroxyl groups is 1. The number of halogens is 1. The van der Waals surface area contributed by atoms with Crippen LogP contribution >= 0.6 is 15.6 Å². The lowest BCUT2D eigenvalue weighted by Gasteiger charge is -2.24. The number of ether oxygens (including phenoxy) is 1. The lowest BCUT2D eigenvalue weighted by atomic mass is 9.98. The molecular formula is C11H17FN2O11P2. The molecule has 0 bridgehead atoms. The van der Waals surface area contributed by atoms with E-state index in [2.05, 4.69) is 13.4 Å². The van der Waals surface area contributed by atoms with Crippen LogP contribution in [-0.4, -0.2) is 56.0 Å². The smallest absolute Gasteiger partial charge is 0.387 e. The molecular weight excluding hydrogens is 417 g/mol. The number of nitrogens with one attached hydrogen (secondary N) is 1. The van der Waals surface area contributed by atoms with E-state index in [4.69, 9.17) is 9.63 Å². The molecule has 2 rings (SSSR count). The van der Waals surface area contributed by atoms with Gasteiger partial charge in [0.2, 0.25) is 0 Å². The summed E-state index contributed by atoms with van der Waals surface area (Å²) in [4.78, 5) is 43.2. The highest BCUT2D eigenvalue weighted by molar-refractivity contribution is 7.61. The van der Waals surface area contributed by atoms with Crippen molar-refractivity contribution in [3.8, 4) is 0 Å². The molecule has 2 heterocycles. The average Bonchev–Trinajstić information content (AvgIpc) is 2.75. The summed E-state index contributed by atoms with van der Waals surface area (Å²) in [6, 6.07) is 0.927. The Hall–Kier alpha value is -1.21. The lowest BCUT2D eigenvalue weighted by Crippen LogP contribution is -2.43. The Kier molecular flexibility index (Phi) is 6.27. The van der Waals surface area contributed by atoms with Gasteiger partial charge < -0.3 is 19.6 Å². The van der Waals surface area contributed by atoms with Crippen molar-refractivity contribution < 1.29 is 46.5 Å². The minimum atomic E-state index is -5.13. The third-order valence-corrected chi connectivity index (χ3v) is 6.25. The number of phosphoric ester groups is 2. The van der Waals surface area contributed by atoms with Gasteiger partial charge in [-0.15, -0.1) is 0 Å². The zero-order chi connectivity index (χ0) is 20.6. The normalized spacial score (nSPS) is 32.7. The van der Waals surface area contributed by atoms with Gasteiger partial charge in [0.15, 0.2) is 11.9 Å². The summed E-state index contributed by atoms with van der Waals surface area (Å²) in [5, 5.41) is 10.1. The zero-order valence-electron chi connectivity index (χ0n) is 13.9. The molecule has 1 fully saturated rings. The maximum atomic E-state index is 14.9. The summed E-state index contributed by atoms with van der Waals surface area (Å²) in [5.74, 6) is 0. The van der Waals surface area contributed by atoms with Gasteiger partial charge in [-0.05, 0) is 6.92 Å². The molecule has 4 N–H and O–H groups in total. The minimum Gasteiger partial charge on any atom is -0.387 e. The molecule has 0 aliphatic carbocycles. The van der Waals surface area contributed by atoms with Gasteiger partial charge in [0, 0.05) is 19.4 Å². The molecule has 0 saturated carbocycles. The van der Waals surface area contributed by atoms with Gasteiger partial charge in [-0.2, -0.15) is 4.31 Å². The molecule has 1 aliphatic heterocycles. The van der Waals surface area contributed by atoms with Gasteiger partial charge in [0.05, 0.1) is 6.61 Å². The first kappa shape index (κ1) is 22.1. The molecule has 1 aromatic heterocycles. The van der Waals surface area contributed by atoms with Crippen LogP contribution in [0.25, 0.3) is 0 Å². The van der Waals surface area contributed by atoms with Crippen LogP contribution in [0.15, 0.2) is 21.9 Å². The second-order valence-electron chi connectivity index (χ2n) is 5.64. The van der Waals surface area contributed by atoms with Crippen molar-refractivity contribution in [2.75, 3.05) is 13.7 Å². The monoisotopic (exact) mass is 434 g/mol. The number of H-pyrrole nitrogens is 1. The Balaban J connectivity index is 2.16. The molecule has 1 saturated heterocycles. The van der Waals surface area contributed by atoms with Crippen molar-refractivity contribution in [1.29, 1.82) is 0 Å². The van der Waals surface area contributed by atoms with E-state index in [9.17, 15) is 33.1 Å². The molecule has 1 aliphatic rings. The summed E-state index contributed by atoms with van der Waals surface area (Å²) in [6.07, 6.45) is -4.24. The first-order valence-electron chi connectivity index (χ1n) is 7.20. The van der Waals surface area contributed by atoms with Crippen LogP contribution in [-0.2, 0) is 27.2 Å². The molecule has 27 heavy (non-hydrogen) atoms. The SMILES string of the molecule is COP(=O)(O)OP(=O)(O)OCC1OC(n2ccc(=O)[nH]c2=O)C(C)(F)C1O. The fourth-order valence-corrected chi connectivity index (χ4v) is 4.15. The second kappa shape index (κ2) is 7.66. The van der Waals surface area contributed by atoms with Crippen molar-refractivity contribution in [2.24, 2.45) is 0 Å². The molecule has 154 valence electrons. The third kappa shape index (κ3) is 4.99. The van der Waals surface area contributed by atoms with Crippen molar-refractivity contribution in [1.82, 2.24) is 9.55 Å². The molecule has 6 atom stereocenters. The number of aromatic amines is 1. The third-order valence-electron chi connectivity index (χ3n) is 3.66. The first-order valence-corrected chi connectivity index (χ1v) is 10.2. The number of aliphatic hydroxyl groups excluding tert-OH is 1. The highest BCUT2D eigenvalue weighted by Crippen LogP contribution is 2.60. The van der Waals surface area contributed by atoms with E-state index in [0.717, 1.165) is 26.3 Å². The number of nitrogens with zero attached hydrogens (tertiary/aromatic N) is 1. The Morgan fingerprint density at radius 3 is 2.56 bits per heavy atom. The number of aromatic nitrogens is 2. The van der Waals surface area contributed by atoms with Gasteiger partial charge in [-0.25, -0.2) is 18.3 Å². The topological polar surface area (TPSA) is 187 Å². The second-order valence-corrected chi connectivity index (χ2v) is 8.79. The molecule has 0 amide bonds. The van der Waals surface area contributed by atoms with E-state index in [0.29, 0.717) is 4.57 Å². The Morgan fingerprint density at radius 1 is 1.37 bits per heavy atom. The van der Waals surface area contributed by atoms with Crippen LogP contribution in [0.1, 0.15) is 13.2 Å². The highest BCUT2D eigenvalue weighted by Gasteiger charge is 2.55. The summed E-state index contributed by atoms with van der Waals surface area (Å²) >= 11 is 0. The molecule has 1 aromatic rings. The van der Waals surface area contributed by atoms with Crippen LogP contribution in [0, 0.1) is 0 Å². The maximum Gasteiger partial charge on any atom is 0.481 e. The van der Waals surface area contributed by atoms with Crippen LogP contribution in [0.3, 0.4) is 0 Å². The number of rotatable bonds is 7. The lowest BCUT2D eigenvalue weighted by molar-refractivity contribution is -0.0605. The zero-order valence-corrected chi connectivity index (χ0v) is 15.7. The number of hydrogen-bond acceptors (Lipinski definition) is 9. The number of alkyl halides is 1. The van der Waals surface area contributed by atoms with Crippen molar-refractivity contribution in [3.05, 3.63) is 33.1 Å². The molecule has 0 aromatic carbocycles. The van der Waals surface area contributed by atoms with E-state index in [-0.39, 0.29) is 0 Å². The average molecular weight is 434 g/mol. The quantitative estimate of drug-likeness (QED) is 0.402. The summed E-state index contributed by atoms with van der Waals surface area (Å²) in [6.45, 7) is -0.0332. The Bertz CT molecular complexity index is 899. The van der Waals surface area contributed by atoms with Crippen LogP contribution < -0.4 is 11.2 Å². The fraction of sp³-hybridized carbons (Fsp3) is 0.636. The van der Waals surface area contributed by atoms with Crippen LogP contribution in [0.2, 0.25) is 0 Å². The summed E-state index contributed by atoms with van der Waals surface area (Å²) in [7, 11) is -9.25. The van der Waals surface area contributed by atoms with E-state index >= 15 is 0 Å². The van der Waals surface area contributed by atoms with Gasteiger partial charge in [0.25, 0.3) is 5.56 Å². The highest BCUT2D eigenvalue weighted by atomic mass is 31.3. The maximum absolute atomic E-state index is 14.9. The van der Waals surface area contributed by atoms with Crippen molar-refractivity contribution in [3.63, 3.8) is 0 Å².